The van der Waals surface area contributed by atoms with Crippen molar-refractivity contribution in [3.63, 3.8) is 0 Å². The van der Waals surface area contributed by atoms with Gasteiger partial charge in [-0.1, -0.05) is 18.0 Å². The zero-order valence-corrected chi connectivity index (χ0v) is 12.4. The molecule has 0 aliphatic carbocycles. The minimum Gasteiger partial charge on any atom is -0.322 e. The van der Waals surface area contributed by atoms with Crippen LogP contribution in [-0.2, 0) is 0 Å². The lowest BCUT2D eigenvalue weighted by Crippen LogP contribution is -2.53. The Morgan fingerprint density at radius 2 is 1.89 bits per heavy atom. The highest BCUT2D eigenvalue weighted by molar-refractivity contribution is 6.31. The summed E-state index contributed by atoms with van der Waals surface area (Å²) in [5.74, 6) is -0.288. The van der Waals surface area contributed by atoms with Crippen molar-refractivity contribution in [2.75, 3.05) is 13.1 Å². The Morgan fingerprint density at radius 1 is 1.26 bits per heavy atom. The normalized spacial score (nSPS) is 19.4. The van der Waals surface area contributed by atoms with E-state index in [-0.39, 0.29) is 17.4 Å². The first-order valence-electron chi connectivity index (χ1n) is 6.88. The fourth-order valence-corrected chi connectivity index (χ4v) is 3.04. The second-order valence-electron chi connectivity index (χ2n) is 5.84. The average molecular weight is 285 g/mol. The molecule has 1 saturated heterocycles. The van der Waals surface area contributed by atoms with Crippen molar-refractivity contribution < 1.29 is 4.39 Å². The molecule has 106 valence electrons. The third kappa shape index (κ3) is 3.10. The Kier molecular flexibility index (Phi) is 4.49. The van der Waals surface area contributed by atoms with Gasteiger partial charge in [0.25, 0.3) is 0 Å². The van der Waals surface area contributed by atoms with Gasteiger partial charge in [0.15, 0.2) is 0 Å². The van der Waals surface area contributed by atoms with Crippen LogP contribution in [0.5, 0.6) is 0 Å². The van der Waals surface area contributed by atoms with Crippen LogP contribution in [0.4, 0.5) is 4.39 Å². The quantitative estimate of drug-likeness (QED) is 0.916. The van der Waals surface area contributed by atoms with E-state index in [2.05, 4.69) is 18.7 Å². The molecule has 1 aliphatic rings. The summed E-state index contributed by atoms with van der Waals surface area (Å²) in [4.78, 5) is 2.39. The number of hydrogen-bond acceptors (Lipinski definition) is 2. The molecule has 0 aromatic heterocycles. The number of nitrogens with two attached hydrogens (primary N) is 1. The van der Waals surface area contributed by atoms with E-state index in [0.717, 1.165) is 13.1 Å². The van der Waals surface area contributed by atoms with Crippen LogP contribution < -0.4 is 5.73 Å². The number of halogens is 2. The molecular weight excluding hydrogens is 263 g/mol. The van der Waals surface area contributed by atoms with Gasteiger partial charge in [-0.25, -0.2) is 4.39 Å². The van der Waals surface area contributed by atoms with Gasteiger partial charge in [0, 0.05) is 16.6 Å². The molecule has 1 heterocycles. The SMILES string of the molecule is CC(C)(C(N)c1cc(F)ccc1Cl)N1CCCCC1. The fourth-order valence-electron chi connectivity index (χ4n) is 2.80. The second kappa shape index (κ2) is 5.78. The molecule has 2 N–H and O–H groups in total. The number of rotatable bonds is 3. The van der Waals surface area contributed by atoms with Crippen molar-refractivity contribution in [1.29, 1.82) is 0 Å². The lowest BCUT2D eigenvalue weighted by Gasteiger charge is -2.45. The van der Waals surface area contributed by atoms with E-state index in [0.29, 0.717) is 10.6 Å². The Labute approximate surface area is 119 Å². The maximum atomic E-state index is 13.4. The molecule has 0 saturated carbocycles. The van der Waals surface area contributed by atoms with Crippen LogP contribution >= 0.6 is 11.6 Å². The highest BCUT2D eigenvalue weighted by Gasteiger charge is 2.35. The van der Waals surface area contributed by atoms with Crippen LogP contribution in [0.1, 0.15) is 44.7 Å². The van der Waals surface area contributed by atoms with E-state index in [1.807, 2.05) is 0 Å². The summed E-state index contributed by atoms with van der Waals surface area (Å²) < 4.78 is 13.4. The molecule has 0 bridgehead atoms. The maximum absolute atomic E-state index is 13.4. The summed E-state index contributed by atoms with van der Waals surface area (Å²) in [6.45, 7) is 6.33. The average Bonchev–Trinajstić information content (AvgIpc) is 2.41. The van der Waals surface area contributed by atoms with Gasteiger partial charge in [-0.05, 0) is 63.5 Å². The first-order valence-corrected chi connectivity index (χ1v) is 7.26. The molecule has 1 aromatic rings. The molecule has 2 rings (SSSR count). The van der Waals surface area contributed by atoms with Crippen LogP contribution in [0.3, 0.4) is 0 Å². The molecule has 4 heteroatoms. The van der Waals surface area contributed by atoms with E-state index in [1.165, 1.54) is 31.4 Å². The van der Waals surface area contributed by atoms with Gasteiger partial charge < -0.3 is 5.73 Å². The molecule has 1 fully saturated rings. The molecule has 1 atom stereocenters. The summed E-state index contributed by atoms with van der Waals surface area (Å²) in [6.07, 6.45) is 3.68. The van der Waals surface area contributed by atoms with Crippen molar-refractivity contribution in [2.24, 2.45) is 5.73 Å². The van der Waals surface area contributed by atoms with Gasteiger partial charge in [0.05, 0.1) is 0 Å². The van der Waals surface area contributed by atoms with E-state index in [1.54, 1.807) is 6.07 Å². The summed E-state index contributed by atoms with van der Waals surface area (Å²) in [6, 6.07) is 4.11. The number of hydrogen-bond donors (Lipinski definition) is 1. The molecular formula is C15H22ClFN2. The molecule has 19 heavy (non-hydrogen) atoms. The maximum Gasteiger partial charge on any atom is 0.123 e. The van der Waals surface area contributed by atoms with E-state index >= 15 is 0 Å². The van der Waals surface area contributed by atoms with Gasteiger partial charge in [0.2, 0.25) is 0 Å². The van der Waals surface area contributed by atoms with Crippen molar-refractivity contribution >= 4 is 11.6 Å². The van der Waals surface area contributed by atoms with Crippen molar-refractivity contribution in [1.82, 2.24) is 4.90 Å². The minimum absolute atomic E-state index is 0.224. The third-order valence-corrected chi connectivity index (χ3v) is 4.57. The Bertz CT molecular complexity index is 442. The second-order valence-corrected chi connectivity index (χ2v) is 6.25. The van der Waals surface area contributed by atoms with Crippen LogP contribution in [0.25, 0.3) is 0 Å². The van der Waals surface area contributed by atoms with Crippen molar-refractivity contribution in [2.45, 2.75) is 44.7 Å². The van der Waals surface area contributed by atoms with Gasteiger partial charge in [-0.15, -0.1) is 0 Å². The van der Waals surface area contributed by atoms with Crippen molar-refractivity contribution in [3.05, 3.63) is 34.6 Å². The van der Waals surface area contributed by atoms with Crippen LogP contribution in [0.15, 0.2) is 18.2 Å². The molecule has 0 amide bonds. The highest BCUT2D eigenvalue weighted by Crippen LogP contribution is 2.34. The van der Waals surface area contributed by atoms with E-state index in [9.17, 15) is 4.39 Å². The number of benzene rings is 1. The largest absolute Gasteiger partial charge is 0.322 e. The molecule has 1 unspecified atom stereocenters. The Hall–Kier alpha value is -0.640. The van der Waals surface area contributed by atoms with Gasteiger partial charge in [0.1, 0.15) is 5.82 Å². The first kappa shape index (κ1) is 14.8. The minimum atomic E-state index is -0.297. The lowest BCUT2D eigenvalue weighted by atomic mass is 9.86. The summed E-state index contributed by atoms with van der Waals surface area (Å²) in [5, 5.41) is 0.541. The lowest BCUT2D eigenvalue weighted by molar-refractivity contribution is 0.0729. The van der Waals surface area contributed by atoms with Crippen LogP contribution in [0, 0.1) is 5.82 Å². The number of nitrogens with zero attached hydrogens (tertiary/aromatic N) is 1. The Balaban J connectivity index is 2.25. The third-order valence-electron chi connectivity index (χ3n) is 4.23. The predicted molar refractivity (Wildman–Crippen MR) is 77.8 cm³/mol. The van der Waals surface area contributed by atoms with Crippen LogP contribution in [-0.4, -0.2) is 23.5 Å². The van der Waals surface area contributed by atoms with Crippen molar-refractivity contribution in [3.8, 4) is 0 Å². The molecule has 1 aromatic carbocycles. The fraction of sp³-hybridized carbons (Fsp3) is 0.600. The standard InChI is InChI=1S/C15H22ClFN2/c1-15(2,19-8-4-3-5-9-19)14(18)12-10-11(17)6-7-13(12)16/h6-7,10,14H,3-5,8-9,18H2,1-2H3. The zero-order valence-electron chi connectivity index (χ0n) is 11.6. The zero-order chi connectivity index (χ0) is 14.0. The smallest absolute Gasteiger partial charge is 0.123 e. The van der Waals surface area contributed by atoms with Gasteiger partial charge in [-0.2, -0.15) is 0 Å². The summed E-state index contributed by atoms with van der Waals surface area (Å²) in [5.41, 5.74) is 6.85. The molecule has 2 nitrogen and oxygen atoms in total. The van der Waals surface area contributed by atoms with E-state index in [4.69, 9.17) is 17.3 Å². The van der Waals surface area contributed by atoms with Gasteiger partial charge >= 0.3 is 0 Å². The predicted octanol–water partition coefficient (Wildman–Crippen LogP) is 3.74. The molecule has 0 radical (unpaired) electrons. The molecule has 0 spiro atoms. The first-order chi connectivity index (χ1) is 8.93. The number of piperidine rings is 1. The topological polar surface area (TPSA) is 29.3 Å². The highest BCUT2D eigenvalue weighted by atomic mass is 35.5. The molecule has 1 aliphatic heterocycles. The van der Waals surface area contributed by atoms with Gasteiger partial charge in [-0.3, -0.25) is 4.90 Å². The number of likely N-dealkylation sites (tertiary alicyclic amines) is 1. The Morgan fingerprint density at radius 3 is 2.53 bits per heavy atom. The monoisotopic (exact) mass is 284 g/mol. The van der Waals surface area contributed by atoms with Crippen LogP contribution in [0.2, 0.25) is 5.02 Å². The summed E-state index contributed by atoms with van der Waals surface area (Å²) >= 11 is 6.17. The summed E-state index contributed by atoms with van der Waals surface area (Å²) in [7, 11) is 0. The van der Waals surface area contributed by atoms with E-state index < -0.39 is 0 Å².